The van der Waals surface area contributed by atoms with E-state index in [2.05, 4.69) is 4.98 Å². The Labute approximate surface area is 97.2 Å². The van der Waals surface area contributed by atoms with Crippen LogP contribution in [-0.2, 0) is 11.3 Å². The molecule has 0 atom stereocenters. The lowest BCUT2D eigenvalue weighted by molar-refractivity contribution is -0.385. The van der Waals surface area contributed by atoms with E-state index >= 15 is 0 Å². The molecular weight excluding hydrogens is 226 g/mol. The fourth-order valence-electron chi connectivity index (χ4n) is 1.35. The van der Waals surface area contributed by atoms with Crippen LogP contribution in [0.3, 0.4) is 0 Å². The van der Waals surface area contributed by atoms with Crippen molar-refractivity contribution in [2.24, 2.45) is 0 Å². The summed E-state index contributed by atoms with van der Waals surface area (Å²) in [6.45, 7) is 1.84. The van der Waals surface area contributed by atoms with Crippen molar-refractivity contribution >= 4 is 11.5 Å². The zero-order valence-electron chi connectivity index (χ0n) is 9.46. The molecule has 0 bridgehead atoms. The maximum Gasteiger partial charge on any atom is 0.347 e. The molecule has 0 aliphatic heterocycles. The molecule has 0 saturated carbocycles. The number of carbonyl (C=O) groups is 1. The Balaban J connectivity index is 2.64. The van der Waals surface area contributed by atoms with Gasteiger partial charge in [-0.3, -0.25) is 14.7 Å². The molecule has 0 radical (unpaired) electrons. The highest BCUT2D eigenvalue weighted by molar-refractivity contribution is 5.75. The number of aromatic nitrogens is 2. The van der Waals surface area contributed by atoms with Gasteiger partial charge in [-0.05, 0) is 19.8 Å². The molecule has 0 fully saturated rings. The smallest absolute Gasteiger partial charge is 0.300 e. The predicted octanol–water partition coefficient (Wildman–Crippen LogP) is 0.911. The lowest BCUT2D eigenvalue weighted by Gasteiger charge is -2.03. The second-order valence-electron chi connectivity index (χ2n) is 3.70. The Bertz CT molecular complexity index is 481. The third kappa shape index (κ3) is 4.13. The van der Waals surface area contributed by atoms with Crippen molar-refractivity contribution in [1.29, 1.82) is 0 Å². The van der Waals surface area contributed by atoms with Crippen LogP contribution >= 0.6 is 0 Å². The van der Waals surface area contributed by atoms with Crippen LogP contribution in [0.4, 0.5) is 5.69 Å². The molecule has 7 heteroatoms. The SMILES string of the molecule is CC(=O)CCCCn1cc([N+](=O)[O-])cnc1=O. The highest BCUT2D eigenvalue weighted by atomic mass is 16.6. The number of hydrogen-bond acceptors (Lipinski definition) is 5. The number of Topliss-reactive ketones (excluding diaryl/α,β-unsaturated/α-hetero) is 1. The topological polar surface area (TPSA) is 95.1 Å². The summed E-state index contributed by atoms with van der Waals surface area (Å²) >= 11 is 0. The summed E-state index contributed by atoms with van der Waals surface area (Å²) in [5, 5.41) is 10.5. The highest BCUT2D eigenvalue weighted by Gasteiger charge is 2.08. The second-order valence-corrected chi connectivity index (χ2v) is 3.70. The van der Waals surface area contributed by atoms with Gasteiger partial charge in [0.05, 0.1) is 11.1 Å². The molecule has 0 spiro atoms. The molecule has 17 heavy (non-hydrogen) atoms. The number of aryl methyl sites for hydroxylation is 1. The van der Waals surface area contributed by atoms with Crippen molar-refractivity contribution in [2.75, 3.05) is 0 Å². The van der Waals surface area contributed by atoms with E-state index in [1.54, 1.807) is 0 Å². The maximum atomic E-state index is 11.3. The van der Waals surface area contributed by atoms with E-state index < -0.39 is 10.6 Å². The molecule has 0 amide bonds. The molecule has 0 aliphatic rings. The van der Waals surface area contributed by atoms with Crippen LogP contribution in [0.1, 0.15) is 26.2 Å². The zero-order chi connectivity index (χ0) is 12.8. The van der Waals surface area contributed by atoms with Crippen molar-refractivity contribution in [2.45, 2.75) is 32.7 Å². The number of nitrogens with zero attached hydrogens (tertiary/aromatic N) is 3. The van der Waals surface area contributed by atoms with Crippen LogP contribution in [0.15, 0.2) is 17.2 Å². The second kappa shape index (κ2) is 5.88. The Kier molecular flexibility index (Phi) is 4.50. The van der Waals surface area contributed by atoms with E-state index in [0.29, 0.717) is 25.8 Å². The lowest BCUT2D eigenvalue weighted by atomic mass is 10.2. The van der Waals surface area contributed by atoms with Crippen LogP contribution < -0.4 is 5.69 Å². The third-order valence-electron chi connectivity index (χ3n) is 2.23. The Morgan fingerprint density at radius 2 is 2.24 bits per heavy atom. The van der Waals surface area contributed by atoms with Crippen LogP contribution in [0, 0.1) is 10.1 Å². The van der Waals surface area contributed by atoms with E-state index in [0.717, 1.165) is 6.20 Å². The van der Waals surface area contributed by atoms with Crippen LogP contribution in [-0.4, -0.2) is 20.3 Å². The monoisotopic (exact) mass is 239 g/mol. The zero-order valence-corrected chi connectivity index (χ0v) is 9.46. The molecule has 0 N–H and O–H groups in total. The molecule has 7 nitrogen and oxygen atoms in total. The standard InChI is InChI=1S/C10H13N3O4/c1-8(14)4-2-3-5-12-7-9(13(16)17)6-11-10(12)15/h6-7H,2-5H2,1H3. The number of nitro groups is 1. The first-order valence-electron chi connectivity index (χ1n) is 5.21. The van der Waals surface area contributed by atoms with E-state index in [1.165, 1.54) is 17.7 Å². The summed E-state index contributed by atoms with van der Waals surface area (Å²) in [6, 6.07) is 0. The van der Waals surface area contributed by atoms with E-state index in [-0.39, 0.29) is 11.5 Å². The van der Waals surface area contributed by atoms with Gasteiger partial charge in [-0.25, -0.2) is 4.79 Å². The summed E-state index contributed by atoms with van der Waals surface area (Å²) in [6.07, 6.45) is 3.83. The molecule has 1 aromatic heterocycles. The predicted molar refractivity (Wildman–Crippen MR) is 59.7 cm³/mol. The van der Waals surface area contributed by atoms with E-state index in [4.69, 9.17) is 0 Å². The summed E-state index contributed by atoms with van der Waals surface area (Å²) in [4.78, 5) is 35.3. The largest absolute Gasteiger partial charge is 0.347 e. The minimum Gasteiger partial charge on any atom is -0.300 e. The van der Waals surface area contributed by atoms with Gasteiger partial charge >= 0.3 is 11.4 Å². The Morgan fingerprint density at radius 1 is 1.53 bits per heavy atom. The van der Waals surface area contributed by atoms with Crippen molar-refractivity contribution in [3.8, 4) is 0 Å². The molecule has 0 aromatic carbocycles. The normalized spacial score (nSPS) is 10.2. The molecular formula is C10H13N3O4. The van der Waals surface area contributed by atoms with E-state index in [1.807, 2.05) is 0 Å². The Morgan fingerprint density at radius 3 is 2.82 bits per heavy atom. The van der Waals surface area contributed by atoms with Crippen molar-refractivity contribution < 1.29 is 9.72 Å². The van der Waals surface area contributed by atoms with Crippen LogP contribution in [0.5, 0.6) is 0 Å². The van der Waals surface area contributed by atoms with Gasteiger partial charge in [-0.15, -0.1) is 0 Å². The molecule has 0 saturated heterocycles. The van der Waals surface area contributed by atoms with Gasteiger partial charge < -0.3 is 4.79 Å². The minimum absolute atomic E-state index is 0.0921. The van der Waals surface area contributed by atoms with Crippen molar-refractivity contribution in [3.05, 3.63) is 33.0 Å². The quantitative estimate of drug-likeness (QED) is 0.417. The number of ketones is 1. The maximum absolute atomic E-state index is 11.3. The number of hydrogen-bond donors (Lipinski definition) is 0. The Hall–Kier alpha value is -2.05. The number of unbranched alkanes of at least 4 members (excludes halogenated alkanes) is 1. The average Bonchev–Trinajstić information content (AvgIpc) is 2.25. The first-order valence-corrected chi connectivity index (χ1v) is 5.21. The summed E-state index contributed by atoms with van der Waals surface area (Å²) in [5.41, 5.74) is -0.727. The fourth-order valence-corrected chi connectivity index (χ4v) is 1.35. The van der Waals surface area contributed by atoms with Crippen LogP contribution in [0.25, 0.3) is 0 Å². The van der Waals surface area contributed by atoms with Crippen molar-refractivity contribution in [1.82, 2.24) is 9.55 Å². The first-order chi connectivity index (χ1) is 8.00. The van der Waals surface area contributed by atoms with Gasteiger partial charge in [0.25, 0.3) is 0 Å². The fraction of sp³-hybridized carbons (Fsp3) is 0.500. The molecule has 92 valence electrons. The summed E-state index contributed by atoms with van der Waals surface area (Å²) < 4.78 is 1.19. The number of rotatable bonds is 6. The highest BCUT2D eigenvalue weighted by Crippen LogP contribution is 2.06. The molecule has 1 aromatic rings. The average molecular weight is 239 g/mol. The molecule has 0 unspecified atom stereocenters. The lowest BCUT2D eigenvalue weighted by Crippen LogP contribution is -2.22. The van der Waals surface area contributed by atoms with Gasteiger partial charge in [0.15, 0.2) is 0 Å². The van der Waals surface area contributed by atoms with Gasteiger partial charge in [-0.1, -0.05) is 0 Å². The van der Waals surface area contributed by atoms with E-state index in [9.17, 15) is 19.7 Å². The summed E-state index contributed by atoms with van der Waals surface area (Å²) in [5.74, 6) is 0.0921. The van der Waals surface area contributed by atoms with Crippen LogP contribution in [0.2, 0.25) is 0 Å². The molecule has 1 heterocycles. The molecule has 0 aliphatic carbocycles. The van der Waals surface area contributed by atoms with Gasteiger partial charge in [-0.2, -0.15) is 4.98 Å². The van der Waals surface area contributed by atoms with Crippen molar-refractivity contribution in [3.63, 3.8) is 0 Å². The van der Waals surface area contributed by atoms with Gasteiger partial charge in [0.1, 0.15) is 12.0 Å². The summed E-state index contributed by atoms with van der Waals surface area (Å²) in [7, 11) is 0. The molecule has 1 rings (SSSR count). The number of carbonyl (C=O) groups excluding carboxylic acids is 1. The van der Waals surface area contributed by atoms with Gasteiger partial charge in [0.2, 0.25) is 0 Å². The minimum atomic E-state index is -0.599. The third-order valence-corrected chi connectivity index (χ3v) is 2.23. The van der Waals surface area contributed by atoms with Gasteiger partial charge in [0, 0.05) is 13.0 Å². The first kappa shape index (κ1) is 13.0.